The Hall–Kier alpha value is -0.940. The maximum Gasteiger partial charge on any atom is 0.229 e. The Morgan fingerprint density at radius 3 is 2.80 bits per heavy atom. The zero-order valence-corrected chi connectivity index (χ0v) is 12.5. The summed E-state index contributed by atoms with van der Waals surface area (Å²) in [5.41, 5.74) is 0.477. The smallest absolute Gasteiger partial charge is 0.229 e. The van der Waals surface area contributed by atoms with Gasteiger partial charge in [-0.15, -0.1) is 0 Å². The van der Waals surface area contributed by atoms with Gasteiger partial charge in [0.2, 0.25) is 5.89 Å². The quantitative estimate of drug-likeness (QED) is 0.920. The summed E-state index contributed by atoms with van der Waals surface area (Å²) in [6.45, 7) is 7.26. The number of aromatic nitrogens is 2. The fourth-order valence-corrected chi connectivity index (χ4v) is 3.12. The third-order valence-corrected chi connectivity index (χ3v) is 4.59. The van der Waals surface area contributed by atoms with E-state index in [9.17, 15) is 0 Å². The summed E-state index contributed by atoms with van der Waals surface area (Å²) in [7, 11) is 0. The van der Waals surface area contributed by atoms with E-state index in [1.165, 1.54) is 25.7 Å². The normalized spacial score (nSPS) is 27.6. The van der Waals surface area contributed by atoms with Crippen molar-refractivity contribution in [3.05, 3.63) is 11.7 Å². The summed E-state index contributed by atoms with van der Waals surface area (Å²) < 4.78 is 11.1. The van der Waals surface area contributed by atoms with E-state index in [1.807, 2.05) is 0 Å². The van der Waals surface area contributed by atoms with E-state index in [4.69, 9.17) is 9.26 Å². The first-order valence-corrected chi connectivity index (χ1v) is 7.77. The van der Waals surface area contributed by atoms with Crippen molar-refractivity contribution in [1.29, 1.82) is 0 Å². The van der Waals surface area contributed by atoms with Crippen LogP contribution in [0, 0.1) is 5.41 Å². The van der Waals surface area contributed by atoms with Crippen molar-refractivity contribution in [2.75, 3.05) is 19.7 Å². The number of nitrogens with one attached hydrogen (secondary N) is 1. The molecule has 1 aromatic rings. The number of hydrogen-bond donors (Lipinski definition) is 1. The molecule has 1 aromatic heterocycles. The molecule has 0 amide bonds. The summed E-state index contributed by atoms with van der Waals surface area (Å²) in [6.07, 6.45) is 5.73. The topological polar surface area (TPSA) is 60.2 Å². The fraction of sp³-hybridized carbons (Fsp3) is 0.867. The van der Waals surface area contributed by atoms with Crippen LogP contribution < -0.4 is 5.32 Å². The van der Waals surface area contributed by atoms with Crippen LogP contribution in [0.3, 0.4) is 0 Å². The third-order valence-electron chi connectivity index (χ3n) is 4.59. The monoisotopic (exact) mass is 279 g/mol. The Balaban J connectivity index is 1.56. The highest BCUT2D eigenvalue weighted by atomic mass is 16.5. The molecular formula is C15H25N3O2. The Bertz CT molecular complexity index is 428. The van der Waals surface area contributed by atoms with Gasteiger partial charge in [-0.25, -0.2) is 0 Å². The van der Waals surface area contributed by atoms with Crippen molar-refractivity contribution in [3.63, 3.8) is 0 Å². The van der Waals surface area contributed by atoms with Gasteiger partial charge in [-0.05, 0) is 31.1 Å². The molecule has 1 atom stereocenters. The Kier molecular flexibility index (Phi) is 4.08. The van der Waals surface area contributed by atoms with Crippen molar-refractivity contribution < 1.29 is 9.26 Å². The van der Waals surface area contributed by atoms with Crippen LogP contribution in [0.5, 0.6) is 0 Å². The molecule has 5 heteroatoms. The van der Waals surface area contributed by atoms with Gasteiger partial charge in [0.05, 0.1) is 19.1 Å². The second-order valence-electron chi connectivity index (χ2n) is 6.89. The number of rotatable bonds is 3. The van der Waals surface area contributed by atoms with Crippen LogP contribution in [-0.2, 0) is 11.2 Å². The molecule has 1 saturated heterocycles. The van der Waals surface area contributed by atoms with Gasteiger partial charge in [0.1, 0.15) is 0 Å². The van der Waals surface area contributed by atoms with Crippen molar-refractivity contribution in [1.82, 2.24) is 15.5 Å². The lowest BCUT2D eigenvalue weighted by Gasteiger charge is -2.32. The third kappa shape index (κ3) is 3.38. The number of nitrogens with zero attached hydrogens (tertiary/aromatic N) is 2. The van der Waals surface area contributed by atoms with Crippen LogP contribution in [0.25, 0.3) is 0 Å². The minimum Gasteiger partial charge on any atom is -0.375 e. The van der Waals surface area contributed by atoms with E-state index in [0.29, 0.717) is 11.3 Å². The largest absolute Gasteiger partial charge is 0.375 e. The molecule has 2 heterocycles. The van der Waals surface area contributed by atoms with E-state index in [0.717, 1.165) is 37.8 Å². The van der Waals surface area contributed by atoms with Crippen molar-refractivity contribution in [2.45, 2.75) is 58.0 Å². The lowest BCUT2D eigenvalue weighted by molar-refractivity contribution is 0.0246. The molecule has 5 nitrogen and oxygen atoms in total. The molecule has 0 aromatic carbocycles. The predicted molar refractivity (Wildman–Crippen MR) is 75.6 cm³/mol. The van der Waals surface area contributed by atoms with E-state index in [2.05, 4.69) is 29.3 Å². The second-order valence-corrected chi connectivity index (χ2v) is 6.89. The number of morpholine rings is 1. The summed E-state index contributed by atoms with van der Waals surface area (Å²) in [4.78, 5) is 4.59. The van der Waals surface area contributed by atoms with Gasteiger partial charge >= 0.3 is 0 Å². The molecule has 20 heavy (non-hydrogen) atoms. The minimum atomic E-state index is 0.169. The molecule has 0 bridgehead atoms. The molecule has 1 aliphatic heterocycles. The summed E-state index contributed by atoms with van der Waals surface area (Å²) in [6, 6.07) is 0. The van der Waals surface area contributed by atoms with Crippen molar-refractivity contribution in [2.24, 2.45) is 5.41 Å². The first kappa shape index (κ1) is 14.0. The highest BCUT2D eigenvalue weighted by Gasteiger charge is 2.30. The summed E-state index contributed by atoms with van der Waals surface area (Å²) in [5.74, 6) is 2.10. The standard InChI is InChI=1S/C15H25N3O2/c1-15(2)5-3-11(4-6-15)14-17-13(20-18-14)9-12-10-16-7-8-19-12/h11-12,16H,3-10H2,1-2H3. The van der Waals surface area contributed by atoms with Gasteiger partial charge in [0.15, 0.2) is 5.82 Å². The zero-order chi connectivity index (χ0) is 14.0. The van der Waals surface area contributed by atoms with Crippen LogP contribution >= 0.6 is 0 Å². The van der Waals surface area contributed by atoms with Gasteiger partial charge < -0.3 is 14.6 Å². The fourth-order valence-electron chi connectivity index (χ4n) is 3.12. The second kappa shape index (κ2) is 5.82. The predicted octanol–water partition coefficient (Wildman–Crippen LogP) is 2.28. The Labute approximate surface area is 120 Å². The molecule has 0 spiro atoms. The molecular weight excluding hydrogens is 254 g/mol. The van der Waals surface area contributed by atoms with E-state index < -0.39 is 0 Å². The molecule has 1 N–H and O–H groups in total. The van der Waals surface area contributed by atoms with Crippen LogP contribution in [-0.4, -0.2) is 35.9 Å². The van der Waals surface area contributed by atoms with Gasteiger partial charge in [-0.1, -0.05) is 19.0 Å². The molecule has 3 rings (SSSR count). The molecule has 1 saturated carbocycles. The van der Waals surface area contributed by atoms with Gasteiger partial charge in [0, 0.05) is 19.0 Å². The zero-order valence-electron chi connectivity index (χ0n) is 12.5. The van der Waals surface area contributed by atoms with E-state index in [-0.39, 0.29) is 6.10 Å². The Morgan fingerprint density at radius 1 is 1.30 bits per heavy atom. The SMILES string of the molecule is CC1(C)CCC(c2noc(CC3CNCCO3)n2)CC1. The number of ether oxygens (including phenoxy) is 1. The molecule has 0 radical (unpaired) electrons. The molecule has 1 aliphatic carbocycles. The van der Waals surface area contributed by atoms with Gasteiger partial charge in [-0.3, -0.25) is 0 Å². The van der Waals surface area contributed by atoms with Crippen LogP contribution in [0.15, 0.2) is 4.52 Å². The molecule has 2 fully saturated rings. The average Bonchev–Trinajstić information content (AvgIpc) is 2.88. The van der Waals surface area contributed by atoms with Crippen molar-refractivity contribution in [3.8, 4) is 0 Å². The van der Waals surface area contributed by atoms with Crippen LogP contribution in [0.1, 0.15) is 57.2 Å². The van der Waals surface area contributed by atoms with E-state index in [1.54, 1.807) is 0 Å². The van der Waals surface area contributed by atoms with Crippen LogP contribution in [0.2, 0.25) is 0 Å². The maximum atomic E-state index is 5.67. The molecule has 1 unspecified atom stereocenters. The highest BCUT2D eigenvalue weighted by Crippen LogP contribution is 2.41. The van der Waals surface area contributed by atoms with Gasteiger partial charge in [-0.2, -0.15) is 4.98 Å². The first-order chi connectivity index (χ1) is 9.62. The van der Waals surface area contributed by atoms with E-state index >= 15 is 0 Å². The van der Waals surface area contributed by atoms with Crippen molar-refractivity contribution >= 4 is 0 Å². The Morgan fingerprint density at radius 2 is 2.10 bits per heavy atom. The first-order valence-electron chi connectivity index (χ1n) is 7.77. The molecule has 2 aliphatic rings. The summed E-state index contributed by atoms with van der Waals surface area (Å²) in [5, 5.41) is 7.51. The minimum absolute atomic E-state index is 0.169. The lowest BCUT2D eigenvalue weighted by atomic mass is 9.73. The van der Waals surface area contributed by atoms with Crippen LogP contribution in [0.4, 0.5) is 0 Å². The maximum absolute atomic E-state index is 5.67. The highest BCUT2D eigenvalue weighted by molar-refractivity contribution is 4.99. The molecule has 112 valence electrons. The van der Waals surface area contributed by atoms with Gasteiger partial charge in [0.25, 0.3) is 0 Å². The number of hydrogen-bond acceptors (Lipinski definition) is 5. The lowest BCUT2D eigenvalue weighted by Crippen LogP contribution is -2.39. The summed E-state index contributed by atoms with van der Waals surface area (Å²) >= 11 is 0. The average molecular weight is 279 g/mol.